The number of hydrogen-bond donors (Lipinski definition) is 2. The number of hydrogen-bond acceptors (Lipinski definition) is 6. The summed E-state index contributed by atoms with van der Waals surface area (Å²) in [6.07, 6.45) is -1.01. The summed E-state index contributed by atoms with van der Waals surface area (Å²) >= 11 is 0. The standard InChI is InChI=1S/C22H18F3N5O3/c1-14(31)27-15-4-2-5-16(12-15)28-19(8-10-26)21-20(32)9-11-30(29-21)17-6-3-7-18(13-17)33-22(23,24)25/h2-13H,26H2,1H3,(H,27,31). The summed E-state index contributed by atoms with van der Waals surface area (Å²) in [4.78, 5) is 28.2. The van der Waals surface area contributed by atoms with E-state index in [-0.39, 0.29) is 23.0 Å². The third kappa shape index (κ3) is 6.53. The number of allylic oxidation sites excluding steroid dienone is 1. The van der Waals surface area contributed by atoms with Crippen LogP contribution in [0.4, 0.5) is 24.5 Å². The molecule has 3 aromatic rings. The topological polar surface area (TPSA) is 112 Å². The minimum atomic E-state index is -4.85. The van der Waals surface area contributed by atoms with E-state index in [0.717, 1.165) is 12.1 Å². The van der Waals surface area contributed by atoms with Gasteiger partial charge in [-0.25, -0.2) is 9.67 Å². The summed E-state index contributed by atoms with van der Waals surface area (Å²) in [5, 5.41) is 6.86. The van der Waals surface area contributed by atoms with Gasteiger partial charge >= 0.3 is 6.36 Å². The van der Waals surface area contributed by atoms with Gasteiger partial charge in [0.05, 0.1) is 17.1 Å². The fraction of sp³-hybridized carbons (Fsp3) is 0.0909. The summed E-state index contributed by atoms with van der Waals surface area (Å²) in [6, 6.07) is 12.9. The second-order valence-corrected chi connectivity index (χ2v) is 6.61. The molecule has 0 bridgehead atoms. The number of benzene rings is 2. The Morgan fingerprint density at radius 3 is 2.64 bits per heavy atom. The van der Waals surface area contributed by atoms with Crippen LogP contribution >= 0.6 is 0 Å². The molecule has 0 saturated carbocycles. The van der Waals surface area contributed by atoms with E-state index in [4.69, 9.17) is 5.73 Å². The number of aliphatic imine (C=N–C) groups is 1. The van der Waals surface area contributed by atoms with Gasteiger partial charge in [-0.05, 0) is 42.6 Å². The van der Waals surface area contributed by atoms with Gasteiger partial charge in [-0.3, -0.25) is 9.59 Å². The Bertz CT molecular complexity index is 1280. The zero-order valence-corrected chi connectivity index (χ0v) is 17.2. The van der Waals surface area contributed by atoms with Gasteiger partial charge in [-0.15, -0.1) is 13.2 Å². The van der Waals surface area contributed by atoms with Crippen molar-refractivity contribution >= 4 is 23.0 Å². The lowest BCUT2D eigenvalue weighted by atomic mass is 10.2. The lowest BCUT2D eigenvalue weighted by Gasteiger charge is -2.12. The van der Waals surface area contributed by atoms with Gasteiger partial charge in [0.15, 0.2) is 5.69 Å². The first-order valence-corrected chi connectivity index (χ1v) is 9.46. The molecule has 0 fully saturated rings. The minimum Gasteiger partial charge on any atom is -0.406 e. The number of amides is 1. The van der Waals surface area contributed by atoms with Crippen LogP contribution in [-0.4, -0.2) is 27.8 Å². The highest BCUT2D eigenvalue weighted by atomic mass is 19.4. The molecule has 0 aliphatic heterocycles. The molecule has 8 nitrogen and oxygen atoms in total. The van der Waals surface area contributed by atoms with Gasteiger partial charge in [0, 0.05) is 30.9 Å². The predicted octanol–water partition coefficient (Wildman–Crippen LogP) is 3.68. The van der Waals surface area contributed by atoms with E-state index in [0.29, 0.717) is 11.4 Å². The van der Waals surface area contributed by atoms with Crippen molar-refractivity contribution in [3.8, 4) is 11.4 Å². The summed E-state index contributed by atoms with van der Waals surface area (Å²) in [5.74, 6) is -0.699. The Hall–Kier alpha value is -4.41. The van der Waals surface area contributed by atoms with Crippen molar-refractivity contribution in [3.63, 3.8) is 0 Å². The monoisotopic (exact) mass is 457 g/mol. The van der Waals surface area contributed by atoms with E-state index in [9.17, 15) is 22.8 Å². The maximum atomic E-state index is 12.5. The number of aromatic nitrogens is 2. The van der Waals surface area contributed by atoms with Crippen LogP contribution in [0.1, 0.15) is 12.6 Å². The summed E-state index contributed by atoms with van der Waals surface area (Å²) < 4.78 is 42.8. The van der Waals surface area contributed by atoms with E-state index in [1.807, 2.05) is 0 Å². The summed E-state index contributed by atoms with van der Waals surface area (Å²) in [7, 11) is 0. The minimum absolute atomic E-state index is 0.0914. The normalized spacial score (nSPS) is 12.1. The Morgan fingerprint density at radius 2 is 1.94 bits per heavy atom. The third-order valence-electron chi connectivity index (χ3n) is 4.04. The predicted molar refractivity (Wildman–Crippen MR) is 117 cm³/mol. The molecule has 11 heteroatoms. The van der Waals surface area contributed by atoms with Crippen molar-refractivity contribution in [2.45, 2.75) is 13.3 Å². The quantitative estimate of drug-likeness (QED) is 0.549. The molecule has 0 atom stereocenters. The van der Waals surface area contributed by atoms with E-state index >= 15 is 0 Å². The van der Waals surface area contributed by atoms with E-state index in [1.165, 1.54) is 48.3 Å². The Balaban J connectivity index is 2.04. The maximum absolute atomic E-state index is 12.5. The molecular formula is C22H18F3N5O3. The largest absolute Gasteiger partial charge is 0.573 e. The van der Waals surface area contributed by atoms with E-state index < -0.39 is 17.5 Å². The molecule has 0 unspecified atom stereocenters. The zero-order valence-electron chi connectivity index (χ0n) is 17.2. The number of nitrogens with two attached hydrogens (primary N) is 1. The lowest BCUT2D eigenvalue weighted by Crippen LogP contribution is -2.20. The summed E-state index contributed by atoms with van der Waals surface area (Å²) in [5.41, 5.74) is 6.19. The van der Waals surface area contributed by atoms with Crippen molar-refractivity contribution in [2.75, 3.05) is 5.32 Å². The average molecular weight is 457 g/mol. The van der Waals surface area contributed by atoms with Crippen molar-refractivity contribution < 1.29 is 22.7 Å². The molecule has 1 aromatic heterocycles. The maximum Gasteiger partial charge on any atom is 0.573 e. The molecule has 0 aliphatic rings. The molecule has 0 spiro atoms. The third-order valence-corrected chi connectivity index (χ3v) is 4.04. The molecule has 3 rings (SSSR count). The SMILES string of the molecule is CC(=O)Nc1cccc(N=C(C=CN)c2nn(-c3cccc(OC(F)(F)F)c3)ccc2=O)c1. The van der Waals surface area contributed by atoms with Crippen LogP contribution in [0.3, 0.4) is 0 Å². The number of nitrogens with one attached hydrogen (secondary N) is 1. The van der Waals surface area contributed by atoms with Gasteiger partial charge in [0.1, 0.15) is 5.75 Å². The van der Waals surface area contributed by atoms with Crippen LogP contribution in [0, 0.1) is 0 Å². The fourth-order valence-corrected chi connectivity index (χ4v) is 2.81. The van der Waals surface area contributed by atoms with Gasteiger partial charge in [0.2, 0.25) is 11.3 Å². The number of carbonyl (C=O) groups is 1. The first-order valence-electron chi connectivity index (χ1n) is 9.46. The molecule has 170 valence electrons. The first-order chi connectivity index (χ1) is 15.6. The van der Waals surface area contributed by atoms with Crippen LogP contribution in [-0.2, 0) is 4.79 Å². The van der Waals surface area contributed by atoms with Crippen molar-refractivity contribution in [3.05, 3.63) is 89.0 Å². The number of carbonyl (C=O) groups excluding carboxylic acids is 1. The number of alkyl halides is 3. The van der Waals surface area contributed by atoms with Crippen molar-refractivity contribution in [1.29, 1.82) is 0 Å². The average Bonchev–Trinajstić information content (AvgIpc) is 2.72. The highest BCUT2D eigenvalue weighted by Crippen LogP contribution is 2.24. The molecule has 2 aromatic carbocycles. The van der Waals surface area contributed by atoms with Gasteiger partial charge in [0.25, 0.3) is 0 Å². The van der Waals surface area contributed by atoms with Crippen molar-refractivity contribution in [1.82, 2.24) is 9.78 Å². The Labute approximate surface area is 185 Å². The van der Waals surface area contributed by atoms with Crippen LogP contribution in [0.2, 0.25) is 0 Å². The van der Waals surface area contributed by atoms with Gasteiger partial charge in [-0.1, -0.05) is 12.1 Å². The van der Waals surface area contributed by atoms with Gasteiger partial charge in [-0.2, -0.15) is 5.10 Å². The van der Waals surface area contributed by atoms with Crippen LogP contribution < -0.4 is 21.2 Å². The highest BCUT2D eigenvalue weighted by molar-refractivity contribution is 6.08. The number of nitrogens with zero attached hydrogens (tertiary/aromatic N) is 3. The molecular weight excluding hydrogens is 439 g/mol. The molecule has 0 saturated heterocycles. The van der Waals surface area contributed by atoms with Crippen LogP contribution in [0.5, 0.6) is 5.75 Å². The Morgan fingerprint density at radius 1 is 1.18 bits per heavy atom. The second kappa shape index (κ2) is 9.81. The fourth-order valence-electron chi connectivity index (χ4n) is 2.81. The molecule has 3 N–H and O–H groups in total. The second-order valence-electron chi connectivity index (χ2n) is 6.61. The van der Waals surface area contributed by atoms with Crippen LogP contribution in [0.15, 0.2) is 82.9 Å². The summed E-state index contributed by atoms with van der Waals surface area (Å²) in [6.45, 7) is 1.36. The molecule has 33 heavy (non-hydrogen) atoms. The van der Waals surface area contributed by atoms with E-state index in [1.54, 1.807) is 24.3 Å². The number of rotatable bonds is 6. The highest BCUT2D eigenvalue weighted by Gasteiger charge is 2.31. The first kappa shape index (κ1) is 23.3. The van der Waals surface area contributed by atoms with Crippen molar-refractivity contribution in [2.24, 2.45) is 10.7 Å². The molecule has 0 aliphatic carbocycles. The molecule has 1 amide bonds. The molecule has 1 heterocycles. The number of halogens is 3. The molecule has 0 radical (unpaired) electrons. The Kier molecular flexibility index (Phi) is 6.91. The number of ether oxygens (including phenoxy) is 1. The number of anilines is 1. The zero-order chi connectivity index (χ0) is 24.0. The van der Waals surface area contributed by atoms with Gasteiger partial charge < -0.3 is 15.8 Å². The lowest BCUT2D eigenvalue weighted by molar-refractivity contribution is -0.274. The smallest absolute Gasteiger partial charge is 0.406 e. The van der Waals surface area contributed by atoms with Crippen LogP contribution in [0.25, 0.3) is 5.69 Å². The van der Waals surface area contributed by atoms with E-state index in [2.05, 4.69) is 20.1 Å².